The van der Waals surface area contributed by atoms with Gasteiger partial charge in [0.05, 0.1) is 6.61 Å². The Morgan fingerprint density at radius 1 is 1.25 bits per heavy atom. The Labute approximate surface area is 93.8 Å². The first-order valence-corrected chi connectivity index (χ1v) is 5.04. The van der Waals surface area contributed by atoms with Crippen molar-refractivity contribution in [2.45, 2.75) is 6.54 Å². The van der Waals surface area contributed by atoms with Crippen molar-refractivity contribution < 1.29 is 13.9 Å². The predicted molar refractivity (Wildman–Crippen MR) is 58.9 cm³/mol. The van der Waals surface area contributed by atoms with Gasteiger partial charge in [-0.2, -0.15) is 0 Å². The Morgan fingerprint density at radius 2 is 1.88 bits per heavy atom. The molecular weight excluding hydrogens is 212 g/mol. The second-order valence-corrected chi connectivity index (χ2v) is 3.53. The maximum atomic E-state index is 12.9. The summed E-state index contributed by atoms with van der Waals surface area (Å²) >= 11 is 0. The summed E-state index contributed by atoms with van der Waals surface area (Å²) in [5.74, 6) is -1.17. The van der Waals surface area contributed by atoms with Crippen molar-refractivity contribution in [2.75, 3.05) is 19.7 Å². The summed E-state index contributed by atoms with van der Waals surface area (Å²) in [5, 5.41) is 8.83. The number of nitrogens with zero attached hydrogens (tertiary/aromatic N) is 1. The van der Waals surface area contributed by atoms with E-state index in [1.165, 1.54) is 12.1 Å². The van der Waals surface area contributed by atoms with E-state index in [0.717, 1.165) is 6.07 Å². The van der Waals surface area contributed by atoms with E-state index in [2.05, 4.69) is 6.58 Å². The average molecular weight is 227 g/mol. The lowest BCUT2D eigenvalue weighted by Crippen LogP contribution is -2.26. The molecule has 0 spiro atoms. The van der Waals surface area contributed by atoms with E-state index in [4.69, 9.17) is 5.11 Å². The average Bonchev–Trinajstić information content (AvgIpc) is 2.16. The largest absolute Gasteiger partial charge is 0.395 e. The van der Waals surface area contributed by atoms with Gasteiger partial charge < -0.3 is 5.11 Å². The fraction of sp³-hybridized carbons (Fsp3) is 0.333. The van der Waals surface area contributed by atoms with Gasteiger partial charge >= 0.3 is 0 Å². The van der Waals surface area contributed by atoms with Gasteiger partial charge in [-0.3, -0.25) is 4.90 Å². The van der Waals surface area contributed by atoms with Gasteiger partial charge in [0.2, 0.25) is 0 Å². The lowest BCUT2D eigenvalue weighted by Gasteiger charge is -2.19. The summed E-state index contributed by atoms with van der Waals surface area (Å²) in [4.78, 5) is 1.85. The second-order valence-electron chi connectivity index (χ2n) is 3.53. The molecule has 0 fully saturated rings. The van der Waals surface area contributed by atoms with Crippen LogP contribution >= 0.6 is 0 Å². The third-order valence-electron chi connectivity index (χ3n) is 2.13. The van der Waals surface area contributed by atoms with Crippen LogP contribution in [0.5, 0.6) is 0 Å². The molecule has 1 rings (SSSR count). The molecule has 0 bridgehead atoms. The Balaban J connectivity index is 2.71. The van der Waals surface area contributed by atoms with Crippen molar-refractivity contribution in [2.24, 2.45) is 0 Å². The monoisotopic (exact) mass is 227 g/mol. The number of aliphatic hydroxyl groups excluding tert-OH is 1. The van der Waals surface area contributed by atoms with Crippen molar-refractivity contribution in [3.63, 3.8) is 0 Å². The molecule has 0 aliphatic rings. The van der Waals surface area contributed by atoms with Gasteiger partial charge in [0.1, 0.15) is 11.6 Å². The van der Waals surface area contributed by atoms with Crippen LogP contribution in [0.3, 0.4) is 0 Å². The van der Waals surface area contributed by atoms with E-state index in [1.807, 2.05) is 4.90 Å². The van der Waals surface area contributed by atoms with Gasteiger partial charge in [0.25, 0.3) is 0 Å². The van der Waals surface area contributed by atoms with Gasteiger partial charge in [-0.05, 0) is 17.7 Å². The predicted octanol–water partition coefficient (Wildman–Crippen LogP) is 1.95. The van der Waals surface area contributed by atoms with Gasteiger partial charge in [-0.1, -0.05) is 6.08 Å². The van der Waals surface area contributed by atoms with Crippen LogP contribution < -0.4 is 0 Å². The van der Waals surface area contributed by atoms with Crippen LogP contribution in [0, 0.1) is 11.6 Å². The SMILES string of the molecule is C=CCN(CCO)Cc1cc(F)cc(F)c1. The third kappa shape index (κ3) is 4.08. The Hall–Kier alpha value is -1.26. The number of rotatable bonds is 6. The summed E-state index contributed by atoms with van der Waals surface area (Å²) in [6.45, 7) is 5.00. The van der Waals surface area contributed by atoms with Crippen molar-refractivity contribution in [1.29, 1.82) is 0 Å². The fourth-order valence-electron chi connectivity index (χ4n) is 1.52. The molecule has 0 saturated carbocycles. The van der Waals surface area contributed by atoms with Crippen molar-refractivity contribution in [3.8, 4) is 0 Å². The molecular formula is C12H15F2NO. The van der Waals surface area contributed by atoms with Crippen molar-refractivity contribution in [3.05, 3.63) is 48.1 Å². The highest BCUT2D eigenvalue weighted by atomic mass is 19.1. The highest BCUT2D eigenvalue weighted by Crippen LogP contribution is 2.10. The number of halogens is 2. The molecule has 0 heterocycles. The Morgan fingerprint density at radius 3 is 2.38 bits per heavy atom. The molecule has 1 N–H and O–H groups in total. The number of aliphatic hydroxyl groups is 1. The lowest BCUT2D eigenvalue weighted by molar-refractivity contribution is 0.203. The molecule has 2 nitrogen and oxygen atoms in total. The first kappa shape index (κ1) is 12.8. The Bertz CT molecular complexity index is 335. The fourth-order valence-corrected chi connectivity index (χ4v) is 1.52. The van der Waals surface area contributed by atoms with E-state index in [0.29, 0.717) is 25.2 Å². The zero-order chi connectivity index (χ0) is 12.0. The molecule has 16 heavy (non-hydrogen) atoms. The summed E-state index contributed by atoms with van der Waals surface area (Å²) in [6.07, 6.45) is 1.69. The topological polar surface area (TPSA) is 23.5 Å². The lowest BCUT2D eigenvalue weighted by atomic mass is 10.2. The maximum absolute atomic E-state index is 12.9. The molecule has 0 radical (unpaired) electrons. The summed E-state index contributed by atoms with van der Waals surface area (Å²) < 4.78 is 25.8. The zero-order valence-electron chi connectivity index (χ0n) is 9.00. The molecule has 0 aliphatic carbocycles. The molecule has 4 heteroatoms. The molecule has 0 atom stereocenters. The zero-order valence-corrected chi connectivity index (χ0v) is 9.00. The first-order valence-electron chi connectivity index (χ1n) is 5.04. The van der Waals surface area contributed by atoms with Crippen LogP contribution in [0.15, 0.2) is 30.9 Å². The van der Waals surface area contributed by atoms with Gasteiger partial charge in [-0.15, -0.1) is 6.58 Å². The number of hydrogen-bond donors (Lipinski definition) is 1. The molecule has 0 aromatic heterocycles. The third-order valence-corrected chi connectivity index (χ3v) is 2.13. The van der Waals surface area contributed by atoms with E-state index in [-0.39, 0.29) is 6.61 Å². The smallest absolute Gasteiger partial charge is 0.126 e. The molecule has 1 aromatic carbocycles. The van der Waals surface area contributed by atoms with E-state index in [1.54, 1.807) is 6.08 Å². The number of benzene rings is 1. The van der Waals surface area contributed by atoms with Crippen LogP contribution in [0.2, 0.25) is 0 Å². The van der Waals surface area contributed by atoms with Crippen LogP contribution in [-0.2, 0) is 6.54 Å². The summed E-state index contributed by atoms with van der Waals surface area (Å²) in [5.41, 5.74) is 0.549. The minimum Gasteiger partial charge on any atom is -0.395 e. The van der Waals surface area contributed by atoms with E-state index < -0.39 is 11.6 Å². The molecule has 0 amide bonds. The van der Waals surface area contributed by atoms with Gasteiger partial charge in [0.15, 0.2) is 0 Å². The highest BCUT2D eigenvalue weighted by Gasteiger charge is 2.06. The normalized spacial score (nSPS) is 10.8. The second kappa shape index (κ2) is 6.35. The van der Waals surface area contributed by atoms with Gasteiger partial charge in [-0.25, -0.2) is 8.78 Å². The standard InChI is InChI=1S/C12H15F2NO/c1-2-3-15(4-5-16)9-10-6-11(13)8-12(14)7-10/h2,6-8,16H,1,3-5,9H2. The molecule has 88 valence electrons. The quantitative estimate of drug-likeness (QED) is 0.751. The van der Waals surface area contributed by atoms with E-state index in [9.17, 15) is 8.78 Å². The molecule has 0 aliphatic heterocycles. The Kier molecular flexibility index (Phi) is 5.08. The minimum absolute atomic E-state index is 0.00559. The summed E-state index contributed by atoms with van der Waals surface area (Å²) in [6, 6.07) is 3.42. The van der Waals surface area contributed by atoms with Crippen LogP contribution in [-0.4, -0.2) is 29.7 Å². The molecule has 0 unspecified atom stereocenters. The minimum atomic E-state index is -0.586. The first-order chi connectivity index (χ1) is 7.65. The maximum Gasteiger partial charge on any atom is 0.126 e. The summed E-state index contributed by atoms with van der Waals surface area (Å²) in [7, 11) is 0. The van der Waals surface area contributed by atoms with Crippen molar-refractivity contribution in [1.82, 2.24) is 4.90 Å². The molecule has 1 aromatic rings. The highest BCUT2D eigenvalue weighted by molar-refractivity contribution is 5.17. The van der Waals surface area contributed by atoms with Gasteiger partial charge in [0, 0.05) is 25.7 Å². The van der Waals surface area contributed by atoms with Crippen LogP contribution in [0.4, 0.5) is 8.78 Å². The van der Waals surface area contributed by atoms with Crippen LogP contribution in [0.25, 0.3) is 0 Å². The molecule has 0 saturated heterocycles. The number of hydrogen-bond acceptors (Lipinski definition) is 2. The van der Waals surface area contributed by atoms with E-state index >= 15 is 0 Å². The van der Waals surface area contributed by atoms with Crippen LogP contribution in [0.1, 0.15) is 5.56 Å². The van der Waals surface area contributed by atoms with Crippen molar-refractivity contribution >= 4 is 0 Å².